The van der Waals surface area contributed by atoms with Gasteiger partial charge in [0.2, 0.25) is 0 Å². The molecule has 0 spiro atoms. The topological polar surface area (TPSA) is 58.9 Å². The summed E-state index contributed by atoms with van der Waals surface area (Å²) in [5, 5.41) is 2.90. The van der Waals surface area contributed by atoms with E-state index in [-0.39, 0.29) is 6.10 Å². The maximum atomic E-state index is 11.1. The molecule has 0 saturated heterocycles. The Balaban J connectivity index is 1.82. The molecule has 0 radical (unpaired) electrons. The summed E-state index contributed by atoms with van der Waals surface area (Å²) in [4.78, 5) is 0. The number of hydrogen-bond acceptors (Lipinski definition) is 4. The molecule has 4 nitrogen and oxygen atoms in total. The van der Waals surface area contributed by atoms with Crippen molar-refractivity contribution in [3.8, 4) is 0 Å². The zero-order chi connectivity index (χ0) is 20.9. The van der Waals surface area contributed by atoms with Gasteiger partial charge in [-0.25, -0.2) is 0 Å². The molecule has 1 aliphatic rings. The van der Waals surface area contributed by atoms with Crippen LogP contribution in [0.5, 0.6) is 0 Å². The van der Waals surface area contributed by atoms with Gasteiger partial charge in [0.05, 0.1) is 0 Å². The minimum atomic E-state index is -5.02. The summed E-state index contributed by atoms with van der Waals surface area (Å²) >= 11 is -5.02. The van der Waals surface area contributed by atoms with Crippen LogP contribution in [-0.4, -0.2) is 21.8 Å². The van der Waals surface area contributed by atoms with Crippen LogP contribution in [0.3, 0.4) is 0 Å². The fraction of sp³-hybridized carbons (Fsp3) is 0.250. The van der Waals surface area contributed by atoms with Crippen LogP contribution in [0, 0.1) is 0 Å². The quantitative estimate of drug-likeness (QED) is 0.424. The van der Waals surface area contributed by atoms with E-state index in [1.807, 2.05) is 91.0 Å². The van der Waals surface area contributed by atoms with Gasteiger partial charge in [-0.15, -0.1) is 0 Å². The van der Waals surface area contributed by atoms with Crippen molar-refractivity contribution in [3.05, 3.63) is 91.0 Å². The molecule has 30 heavy (non-hydrogen) atoms. The SMILES string of the molecule is [OH][Ti]([OH])([O]C1CCCCC1)[O][Si](c1ccccc1)(c1ccccc1)c1ccccc1. The van der Waals surface area contributed by atoms with Crippen molar-refractivity contribution in [1.29, 1.82) is 0 Å². The number of benzene rings is 3. The third-order valence-corrected chi connectivity index (χ3v) is 13.4. The molecular weight excluding hydrogens is 428 g/mol. The zero-order valence-corrected chi connectivity index (χ0v) is 19.5. The van der Waals surface area contributed by atoms with Gasteiger partial charge in [-0.2, -0.15) is 0 Å². The van der Waals surface area contributed by atoms with Crippen molar-refractivity contribution in [3.63, 3.8) is 0 Å². The van der Waals surface area contributed by atoms with Crippen molar-refractivity contribution in [1.82, 2.24) is 0 Å². The first-order valence-corrected chi connectivity index (χ1v) is 15.2. The molecule has 3 aromatic carbocycles. The molecule has 1 aliphatic carbocycles. The Morgan fingerprint density at radius 2 is 1.03 bits per heavy atom. The maximum absolute atomic E-state index is 11.1. The van der Waals surface area contributed by atoms with Gasteiger partial charge in [0.25, 0.3) is 0 Å². The second kappa shape index (κ2) is 9.71. The predicted octanol–water partition coefficient (Wildman–Crippen LogP) is 2.82. The molecule has 0 bridgehead atoms. The molecule has 0 atom stereocenters. The summed E-state index contributed by atoms with van der Waals surface area (Å²) in [6.07, 6.45) is 4.86. The van der Waals surface area contributed by atoms with Crippen LogP contribution in [-0.2, 0) is 24.5 Å². The molecule has 0 heterocycles. The summed E-state index contributed by atoms with van der Waals surface area (Å²) in [6, 6.07) is 29.8. The van der Waals surface area contributed by atoms with Crippen LogP contribution in [0.2, 0.25) is 0 Å². The zero-order valence-electron chi connectivity index (χ0n) is 17.0. The van der Waals surface area contributed by atoms with E-state index in [0.29, 0.717) is 0 Å². The minimum absolute atomic E-state index is 0.136. The van der Waals surface area contributed by atoms with Gasteiger partial charge in [-0.05, 0) is 0 Å². The van der Waals surface area contributed by atoms with E-state index in [0.717, 1.165) is 41.2 Å². The molecule has 2 N–H and O–H groups in total. The van der Waals surface area contributed by atoms with Crippen LogP contribution in [0.15, 0.2) is 91.0 Å². The van der Waals surface area contributed by atoms with E-state index < -0.39 is 26.5 Å². The Morgan fingerprint density at radius 1 is 0.633 bits per heavy atom. The van der Waals surface area contributed by atoms with Crippen LogP contribution >= 0.6 is 0 Å². The van der Waals surface area contributed by atoms with Gasteiger partial charge in [-0.3, -0.25) is 0 Å². The van der Waals surface area contributed by atoms with E-state index in [1.165, 1.54) is 6.42 Å². The first-order chi connectivity index (χ1) is 14.6. The Kier molecular flexibility index (Phi) is 7.01. The normalized spacial score (nSPS) is 15.8. The molecule has 6 heteroatoms. The molecule has 0 aliphatic heterocycles. The fourth-order valence-corrected chi connectivity index (χ4v) is 12.9. The molecular formula is C24H28O4SiTi. The number of rotatable bonds is 7. The molecule has 0 amide bonds. The van der Waals surface area contributed by atoms with E-state index in [9.17, 15) is 7.38 Å². The van der Waals surface area contributed by atoms with Crippen molar-refractivity contribution < 1.29 is 31.8 Å². The Bertz CT molecular complexity index is 819. The summed E-state index contributed by atoms with van der Waals surface area (Å²) in [6.45, 7) is 0. The Labute approximate surface area is 184 Å². The van der Waals surface area contributed by atoms with E-state index in [1.54, 1.807) is 0 Å². The average Bonchev–Trinajstić information content (AvgIpc) is 2.80. The molecule has 1 fully saturated rings. The molecule has 156 valence electrons. The first-order valence-electron chi connectivity index (χ1n) is 10.6. The number of hydrogen-bond donors (Lipinski definition) is 2. The van der Waals surface area contributed by atoms with Crippen molar-refractivity contribution in [2.45, 2.75) is 38.2 Å². The van der Waals surface area contributed by atoms with Crippen LogP contribution < -0.4 is 15.6 Å². The van der Waals surface area contributed by atoms with E-state index >= 15 is 0 Å². The third-order valence-electron chi connectivity index (χ3n) is 5.70. The van der Waals surface area contributed by atoms with Gasteiger partial charge in [0.1, 0.15) is 0 Å². The molecule has 0 unspecified atom stereocenters. The van der Waals surface area contributed by atoms with Crippen LogP contribution in [0.1, 0.15) is 32.1 Å². The summed E-state index contributed by atoms with van der Waals surface area (Å²) in [5.41, 5.74) is 0. The molecule has 0 aromatic heterocycles. The van der Waals surface area contributed by atoms with Gasteiger partial charge in [0, 0.05) is 0 Å². The van der Waals surface area contributed by atoms with Gasteiger partial charge >= 0.3 is 185 Å². The van der Waals surface area contributed by atoms with Crippen LogP contribution in [0.25, 0.3) is 0 Å². The monoisotopic (exact) mass is 456 g/mol. The van der Waals surface area contributed by atoms with Crippen LogP contribution in [0.4, 0.5) is 0 Å². The second-order valence-electron chi connectivity index (χ2n) is 7.81. The Hall–Kier alpha value is -1.57. The fourth-order valence-electron chi connectivity index (χ4n) is 4.32. The summed E-state index contributed by atoms with van der Waals surface area (Å²) in [5.74, 6) is 0. The van der Waals surface area contributed by atoms with Crippen molar-refractivity contribution in [2.24, 2.45) is 0 Å². The summed E-state index contributed by atoms with van der Waals surface area (Å²) < 4.78 is 34.7. The molecule has 4 rings (SSSR count). The van der Waals surface area contributed by atoms with Crippen molar-refractivity contribution >= 4 is 23.9 Å². The van der Waals surface area contributed by atoms with Gasteiger partial charge in [0.15, 0.2) is 0 Å². The predicted molar refractivity (Wildman–Crippen MR) is 117 cm³/mol. The Morgan fingerprint density at radius 3 is 1.43 bits per heavy atom. The van der Waals surface area contributed by atoms with E-state index in [2.05, 4.69) is 0 Å². The van der Waals surface area contributed by atoms with E-state index in [4.69, 9.17) is 6.33 Å². The third kappa shape index (κ3) is 4.84. The summed E-state index contributed by atoms with van der Waals surface area (Å²) in [7, 11) is -3.19. The first kappa shape index (κ1) is 21.7. The second-order valence-corrected chi connectivity index (χ2v) is 14.1. The van der Waals surface area contributed by atoms with Gasteiger partial charge in [-0.1, -0.05) is 0 Å². The molecule has 3 aromatic rings. The van der Waals surface area contributed by atoms with Gasteiger partial charge < -0.3 is 0 Å². The van der Waals surface area contributed by atoms with Crippen molar-refractivity contribution in [2.75, 3.05) is 0 Å². The average molecular weight is 456 g/mol. The molecule has 1 saturated carbocycles. The standard InChI is InChI=1S/C18H15OSi.C6H11O.2H2O.Ti/c19-20(16-10-4-1-5-11-16,17-12-6-2-7-13-17)18-14-8-3-9-15-18;7-6-4-2-1-3-5-6;;;/h1-15H;6H,1-5H2;2*1H2;/q2*-1;;;+4/p-2.